The Morgan fingerprint density at radius 3 is 2.85 bits per heavy atom. The third-order valence-corrected chi connectivity index (χ3v) is 5.42. The van der Waals surface area contributed by atoms with Gasteiger partial charge in [-0.25, -0.2) is 9.97 Å². The van der Waals surface area contributed by atoms with Crippen LogP contribution in [0.15, 0.2) is 36.0 Å². The molecule has 5 heteroatoms. The highest BCUT2D eigenvalue weighted by molar-refractivity contribution is 7.16. The number of fused-ring (bicyclic) bond motifs is 1. The summed E-state index contributed by atoms with van der Waals surface area (Å²) in [5.41, 5.74) is 2.62. The molecule has 0 atom stereocenters. The van der Waals surface area contributed by atoms with E-state index in [1.54, 1.807) is 17.7 Å². The number of anilines is 1. The van der Waals surface area contributed by atoms with E-state index in [0.29, 0.717) is 6.61 Å². The van der Waals surface area contributed by atoms with E-state index >= 15 is 0 Å². The van der Waals surface area contributed by atoms with Crippen molar-refractivity contribution in [3.63, 3.8) is 0 Å². The highest BCUT2D eigenvalue weighted by Gasteiger charge is 2.10. The molecule has 3 aromatic rings. The van der Waals surface area contributed by atoms with Crippen LogP contribution in [0.3, 0.4) is 0 Å². The number of rotatable bonds is 9. The molecule has 1 aromatic carbocycles. The first-order chi connectivity index (χ1) is 12.7. The Bertz CT molecular complexity index is 846. The maximum Gasteiger partial charge on any atom is 0.140 e. The molecule has 138 valence electrons. The summed E-state index contributed by atoms with van der Waals surface area (Å²) in [7, 11) is 2.05. The molecule has 3 rings (SSSR count). The van der Waals surface area contributed by atoms with Crippen molar-refractivity contribution < 1.29 is 4.74 Å². The van der Waals surface area contributed by atoms with E-state index in [2.05, 4.69) is 58.4 Å². The number of benzene rings is 1. The number of nitrogens with zero attached hydrogens (tertiary/aromatic N) is 3. The van der Waals surface area contributed by atoms with Crippen LogP contribution in [0.1, 0.15) is 37.3 Å². The van der Waals surface area contributed by atoms with E-state index in [4.69, 9.17) is 4.74 Å². The van der Waals surface area contributed by atoms with E-state index in [1.807, 2.05) is 7.05 Å². The predicted molar refractivity (Wildman–Crippen MR) is 111 cm³/mol. The second-order valence-corrected chi connectivity index (χ2v) is 7.56. The second kappa shape index (κ2) is 8.99. The van der Waals surface area contributed by atoms with Crippen molar-refractivity contribution in [2.24, 2.45) is 0 Å². The molecule has 0 unspecified atom stereocenters. The average molecular weight is 370 g/mol. The zero-order valence-corrected chi connectivity index (χ0v) is 16.7. The Balaban J connectivity index is 1.55. The number of thiophene rings is 1. The minimum Gasteiger partial charge on any atom is -0.491 e. The molecular weight excluding hydrogens is 342 g/mol. The van der Waals surface area contributed by atoms with Crippen LogP contribution in [-0.2, 0) is 6.42 Å². The van der Waals surface area contributed by atoms with Gasteiger partial charge in [-0.15, -0.1) is 11.3 Å². The number of hydrogen-bond acceptors (Lipinski definition) is 5. The summed E-state index contributed by atoms with van der Waals surface area (Å²) < 4.78 is 6.02. The van der Waals surface area contributed by atoms with Crippen molar-refractivity contribution in [2.75, 3.05) is 25.1 Å². The first-order valence-electron chi connectivity index (χ1n) is 9.30. The predicted octanol–water partition coefficient (Wildman–Crippen LogP) is 5.25. The molecule has 2 aromatic heterocycles. The first-order valence-corrected chi connectivity index (χ1v) is 10.2. The normalized spacial score (nSPS) is 11.0. The van der Waals surface area contributed by atoms with Crippen LogP contribution in [0.5, 0.6) is 5.75 Å². The van der Waals surface area contributed by atoms with Crippen molar-refractivity contribution in [1.29, 1.82) is 0 Å². The van der Waals surface area contributed by atoms with E-state index in [9.17, 15) is 0 Å². The minimum absolute atomic E-state index is 0.627. The smallest absolute Gasteiger partial charge is 0.140 e. The van der Waals surface area contributed by atoms with Gasteiger partial charge in [0.05, 0.1) is 11.9 Å². The number of aryl methyl sites for hydroxylation is 2. The average Bonchev–Trinajstić information content (AvgIpc) is 3.12. The zero-order chi connectivity index (χ0) is 18.4. The Hall–Kier alpha value is -2.14. The van der Waals surface area contributed by atoms with Gasteiger partial charge in [-0.3, -0.25) is 0 Å². The van der Waals surface area contributed by atoms with Crippen LogP contribution in [0.2, 0.25) is 0 Å². The van der Waals surface area contributed by atoms with Crippen molar-refractivity contribution in [3.05, 3.63) is 47.1 Å². The van der Waals surface area contributed by atoms with Crippen molar-refractivity contribution >= 4 is 27.4 Å². The maximum atomic E-state index is 6.02. The SMILES string of the molecule is CCCCCc1ccc(OCCN(C)c2ncnc3sccc23)c(C)c1. The number of aromatic nitrogens is 2. The van der Waals surface area contributed by atoms with Crippen molar-refractivity contribution in [3.8, 4) is 5.75 Å². The molecule has 0 aliphatic heterocycles. The molecule has 0 spiro atoms. The monoisotopic (exact) mass is 369 g/mol. The summed E-state index contributed by atoms with van der Waals surface area (Å²) >= 11 is 1.64. The lowest BCUT2D eigenvalue weighted by Gasteiger charge is -2.19. The molecule has 0 radical (unpaired) electrons. The fourth-order valence-electron chi connectivity index (χ4n) is 3.09. The molecule has 0 aliphatic rings. The number of likely N-dealkylation sites (N-methyl/N-ethyl adjacent to an activating group) is 1. The third kappa shape index (κ3) is 4.52. The van der Waals surface area contributed by atoms with Gasteiger partial charge in [0.1, 0.15) is 29.3 Å². The summed E-state index contributed by atoms with van der Waals surface area (Å²) in [6.45, 7) is 5.77. The lowest BCUT2D eigenvalue weighted by molar-refractivity contribution is 0.323. The molecule has 0 bridgehead atoms. The second-order valence-electron chi connectivity index (χ2n) is 6.66. The third-order valence-electron chi connectivity index (χ3n) is 4.59. The molecule has 0 N–H and O–H groups in total. The molecule has 0 saturated heterocycles. The van der Waals surface area contributed by atoms with Gasteiger partial charge in [-0.1, -0.05) is 31.9 Å². The Morgan fingerprint density at radius 1 is 1.15 bits per heavy atom. The van der Waals surface area contributed by atoms with Crippen LogP contribution < -0.4 is 9.64 Å². The van der Waals surface area contributed by atoms with E-state index < -0.39 is 0 Å². The van der Waals surface area contributed by atoms with E-state index in [0.717, 1.165) is 34.7 Å². The van der Waals surface area contributed by atoms with Gasteiger partial charge < -0.3 is 9.64 Å². The standard InChI is InChI=1S/C21H27N3OS/c1-4-5-6-7-17-8-9-19(16(2)14-17)25-12-11-24(3)20-18-10-13-26-21(18)23-15-22-20/h8-10,13-15H,4-7,11-12H2,1-3H3. The van der Waals surface area contributed by atoms with Crippen LogP contribution in [0, 0.1) is 6.92 Å². The number of ether oxygens (including phenoxy) is 1. The molecule has 0 amide bonds. The zero-order valence-electron chi connectivity index (χ0n) is 15.9. The van der Waals surface area contributed by atoms with Crippen LogP contribution in [0.25, 0.3) is 10.2 Å². The Labute approximate surface area is 159 Å². The fraction of sp³-hybridized carbons (Fsp3) is 0.429. The Morgan fingerprint density at radius 2 is 2.04 bits per heavy atom. The summed E-state index contributed by atoms with van der Waals surface area (Å²) in [6.07, 6.45) is 6.60. The number of unbranched alkanes of at least 4 members (excludes halogenated alkanes) is 2. The summed E-state index contributed by atoms with van der Waals surface area (Å²) in [6, 6.07) is 8.64. The Kier molecular flexibility index (Phi) is 6.45. The first kappa shape index (κ1) is 18.6. The molecule has 0 aliphatic carbocycles. The summed E-state index contributed by atoms with van der Waals surface area (Å²) in [5.74, 6) is 1.93. The molecule has 2 heterocycles. The minimum atomic E-state index is 0.627. The molecule has 0 fully saturated rings. The van der Waals surface area contributed by atoms with Crippen molar-refractivity contribution in [2.45, 2.75) is 39.5 Å². The fourth-order valence-corrected chi connectivity index (χ4v) is 3.81. The van der Waals surface area contributed by atoms with Crippen LogP contribution in [-0.4, -0.2) is 30.2 Å². The van der Waals surface area contributed by atoms with E-state index in [-0.39, 0.29) is 0 Å². The van der Waals surface area contributed by atoms with Crippen LogP contribution >= 0.6 is 11.3 Å². The molecule has 0 saturated carbocycles. The van der Waals surface area contributed by atoms with Gasteiger partial charge in [0.25, 0.3) is 0 Å². The van der Waals surface area contributed by atoms with Gasteiger partial charge in [0.2, 0.25) is 0 Å². The van der Waals surface area contributed by atoms with Gasteiger partial charge in [0.15, 0.2) is 0 Å². The maximum absolute atomic E-state index is 6.02. The summed E-state index contributed by atoms with van der Waals surface area (Å²) in [4.78, 5) is 11.9. The lowest BCUT2D eigenvalue weighted by Crippen LogP contribution is -2.25. The topological polar surface area (TPSA) is 38.2 Å². The number of hydrogen-bond donors (Lipinski definition) is 0. The largest absolute Gasteiger partial charge is 0.491 e. The van der Waals surface area contributed by atoms with Gasteiger partial charge in [0, 0.05) is 7.05 Å². The van der Waals surface area contributed by atoms with Crippen molar-refractivity contribution in [1.82, 2.24) is 9.97 Å². The highest BCUT2D eigenvalue weighted by atomic mass is 32.1. The quantitative estimate of drug-likeness (QED) is 0.483. The highest BCUT2D eigenvalue weighted by Crippen LogP contribution is 2.26. The van der Waals surface area contributed by atoms with Crippen LogP contribution in [0.4, 0.5) is 5.82 Å². The van der Waals surface area contributed by atoms with Gasteiger partial charge in [-0.2, -0.15) is 0 Å². The molecular formula is C21H27N3OS. The lowest BCUT2D eigenvalue weighted by atomic mass is 10.0. The molecule has 4 nitrogen and oxygen atoms in total. The summed E-state index contributed by atoms with van der Waals surface area (Å²) in [5, 5.41) is 3.16. The van der Waals surface area contributed by atoms with Gasteiger partial charge in [-0.05, 0) is 48.4 Å². The van der Waals surface area contributed by atoms with E-state index in [1.165, 1.54) is 30.4 Å². The molecule has 26 heavy (non-hydrogen) atoms. The van der Waals surface area contributed by atoms with Gasteiger partial charge >= 0.3 is 0 Å².